The smallest absolute Gasteiger partial charge is 0.306 e. The van der Waals surface area contributed by atoms with Crippen LogP contribution in [0, 0.1) is 0 Å². The van der Waals surface area contributed by atoms with Crippen LogP contribution in [0.5, 0.6) is 0 Å². The molecule has 0 aromatic carbocycles. The number of rotatable bonds is 49. The van der Waals surface area contributed by atoms with Crippen LogP contribution in [0.4, 0.5) is 0 Å². The summed E-state index contributed by atoms with van der Waals surface area (Å²) in [5, 5.41) is 0. The van der Waals surface area contributed by atoms with Gasteiger partial charge >= 0.3 is 17.9 Å². The molecule has 374 valence electrons. The van der Waals surface area contributed by atoms with Gasteiger partial charge in [0, 0.05) is 19.3 Å². The predicted octanol–water partition coefficient (Wildman–Crippen LogP) is 18.2. The summed E-state index contributed by atoms with van der Waals surface area (Å²) in [6, 6.07) is 0. The van der Waals surface area contributed by atoms with E-state index in [2.05, 4.69) is 93.7 Å². The predicted molar refractivity (Wildman–Crippen MR) is 279 cm³/mol. The van der Waals surface area contributed by atoms with Crippen LogP contribution in [0.1, 0.15) is 265 Å². The lowest BCUT2D eigenvalue weighted by atomic mass is 10.0. The molecule has 0 aromatic rings. The van der Waals surface area contributed by atoms with E-state index in [0.29, 0.717) is 19.3 Å². The summed E-state index contributed by atoms with van der Waals surface area (Å²) >= 11 is 0. The van der Waals surface area contributed by atoms with Crippen molar-refractivity contribution in [1.82, 2.24) is 0 Å². The van der Waals surface area contributed by atoms with Crippen molar-refractivity contribution in [1.29, 1.82) is 0 Å². The van der Waals surface area contributed by atoms with Gasteiger partial charge in [-0.05, 0) is 83.5 Å². The second-order valence-corrected chi connectivity index (χ2v) is 18.1. The first-order valence-electron chi connectivity index (χ1n) is 27.4. The number of hydrogen-bond acceptors (Lipinski definition) is 6. The molecule has 0 aliphatic carbocycles. The molecular weight excluding hydrogens is 805 g/mol. The summed E-state index contributed by atoms with van der Waals surface area (Å²) in [5.41, 5.74) is 0. The molecule has 65 heavy (non-hydrogen) atoms. The van der Waals surface area contributed by atoms with Crippen molar-refractivity contribution >= 4 is 17.9 Å². The van der Waals surface area contributed by atoms with Crippen LogP contribution in [0.2, 0.25) is 0 Å². The molecular formula is C59H102O6. The molecule has 0 heterocycles. The molecule has 0 radical (unpaired) electrons. The van der Waals surface area contributed by atoms with E-state index in [1.807, 2.05) is 0 Å². The minimum absolute atomic E-state index is 0.0793. The minimum atomic E-state index is -0.777. The molecule has 0 saturated heterocycles. The van der Waals surface area contributed by atoms with Crippen molar-refractivity contribution in [2.75, 3.05) is 13.2 Å². The molecule has 0 aliphatic rings. The number of ether oxygens (including phenoxy) is 3. The zero-order chi connectivity index (χ0) is 47.2. The van der Waals surface area contributed by atoms with Crippen molar-refractivity contribution in [3.8, 4) is 0 Å². The van der Waals surface area contributed by atoms with Crippen LogP contribution in [0.25, 0.3) is 0 Å². The number of unbranched alkanes of at least 4 members (excludes halogenated alkanes) is 26. The number of carbonyl (C=O) groups excluding carboxylic acids is 3. The van der Waals surface area contributed by atoms with Gasteiger partial charge in [-0.3, -0.25) is 14.4 Å². The largest absolute Gasteiger partial charge is 0.462 e. The first-order valence-corrected chi connectivity index (χ1v) is 27.4. The summed E-state index contributed by atoms with van der Waals surface area (Å²) in [6.07, 6.45) is 67.5. The van der Waals surface area contributed by atoms with Gasteiger partial charge in [-0.25, -0.2) is 0 Å². The quantitative estimate of drug-likeness (QED) is 0.0262. The zero-order valence-corrected chi connectivity index (χ0v) is 42.7. The highest BCUT2D eigenvalue weighted by Gasteiger charge is 2.19. The van der Waals surface area contributed by atoms with Gasteiger partial charge in [0.05, 0.1) is 0 Å². The van der Waals surface area contributed by atoms with Crippen molar-refractivity contribution in [2.45, 2.75) is 271 Å². The number of esters is 3. The van der Waals surface area contributed by atoms with Gasteiger partial charge in [-0.2, -0.15) is 0 Å². The number of hydrogen-bond donors (Lipinski definition) is 0. The summed E-state index contributed by atoms with van der Waals surface area (Å²) in [6.45, 7) is 6.46. The van der Waals surface area contributed by atoms with E-state index < -0.39 is 6.10 Å². The van der Waals surface area contributed by atoms with E-state index in [4.69, 9.17) is 14.2 Å². The van der Waals surface area contributed by atoms with Gasteiger partial charge in [-0.15, -0.1) is 0 Å². The maximum Gasteiger partial charge on any atom is 0.306 e. The molecule has 1 unspecified atom stereocenters. The lowest BCUT2D eigenvalue weighted by Crippen LogP contribution is -2.30. The molecule has 0 N–H and O–H groups in total. The zero-order valence-electron chi connectivity index (χ0n) is 42.7. The van der Waals surface area contributed by atoms with E-state index in [0.717, 1.165) is 109 Å². The minimum Gasteiger partial charge on any atom is -0.462 e. The summed E-state index contributed by atoms with van der Waals surface area (Å²) in [7, 11) is 0. The molecule has 1 atom stereocenters. The van der Waals surface area contributed by atoms with E-state index in [-0.39, 0.29) is 31.1 Å². The molecule has 0 aromatic heterocycles. The summed E-state index contributed by atoms with van der Waals surface area (Å²) < 4.78 is 16.8. The third kappa shape index (κ3) is 51.7. The van der Waals surface area contributed by atoms with Gasteiger partial charge in [0.1, 0.15) is 13.2 Å². The van der Waals surface area contributed by atoms with Crippen molar-refractivity contribution in [3.05, 3.63) is 72.9 Å². The Balaban J connectivity index is 4.23. The van der Waals surface area contributed by atoms with Crippen molar-refractivity contribution in [2.24, 2.45) is 0 Å². The highest BCUT2D eigenvalue weighted by molar-refractivity contribution is 5.71. The summed E-state index contributed by atoms with van der Waals surface area (Å²) in [5.74, 6) is -0.891. The Morgan fingerprint density at radius 1 is 0.323 bits per heavy atom. The molecule has 0 fully saturated rings. The Bertz CT molecular complexity index is 1230. The van der Waals surface area contributed by atoms with Crippen LogP contribution >= 0.6 is 0 Å². The fourth-order valence-corrected chi connectivity index (χ4v) is 7.59. The van der Waals surface area contributed by atoms with Crippen molar-refractivity contribution in [3.63, 3.8) is 0 Å². The normalized spacial score (nSPS) is 12.6. The first-order chi connectivity index (χ1) is 32.0. The Kier molecular flexibility index (Phi) is 50.9. The molecule has 0 aliphatic heterocycles. The SMILES string of the molecule is CC/C=C\C/C=C\C/C=C\C/C=C\C/C=C\CCCCCCCCCCCC(=O)OCC(COC(=O)CCCCCCC/C=C\CCC)OC(=O)CCCCCCCCCCCCCC. The number of allylic oxidation sites excluding steroid dienone is 12. The molecule has 0 spiro atoms. The molecule has 6 nitrogen and oxygen atoms in total. The van der Waals surface area contributed by atoms with Crippen LogP contribution in [0.3, 0.4) is 0 Å². The molecule has 0 bridgehead atoms. The highest BCUT2D eigenvalue weighted by atomic mass is 16.6. The molecule has 6 heteroatoms. The van der Waals surface area contributed by atoms with Gasteiger partial charge in [-0.1, -0.05) is 235 Å². The van der Waals surface area contributed by atoms with E-state index in [1.165, 1.54) is 116 Å². The average Bonchev–Trinajstić information content (AvgIpc) is 3.30. The van der Waals surface area contributed by atoms with E-state index in [9.17, 15) is 14.4 Å². The van der Waals surface area contributed by atoms with Gasteiger partial charge in [0.2, 0.25) is 0 Å². The fraction of sp³-hybridized carbons (Fsp3) is 0.746. The van der Waals surface area contributed by atoms with Gasteiger partial charge in [0.15, 0.2) is 6.10 Å². The lowest BCUT2D eigenvalue weighted by molar-refractivity contribution is -0.167. The molecule has 0 rings (SSSR count). The van der Waals surface area contributed by atoms with E-state index >= 15 is 0 Å². The summed E-state index contributed by atoms with van der Waals surface area (Å²) in [4.78, 5) is 37.9. The second kappa shape index (κ2) is 53.5. The Morgan fingerprint density at radius 2 is 0.631 bits per heavy atom. The molecule has 0 amide bonds. The standard InChI is InChI=1S/C59H102O6/c1-4-7-10-13-16-19-22-24-25-26-27-28-29-30-31-32-33-34-35-36-38-40-43-46-49-52-58(61)64-55-56(54-63-57(60)51-48-45-42-39-21-18-15-12-9-6-3)65-59(62)53-50-47-44-41-37-23-20-17-14-11-8-5-2/h7,10,12,15-16,19,24-25,27-28,30-31,56H,4-6,8-9,11,13-14,17-18,20-23,26,29,32-55H2,1-3H3/b10-7-,15-12-,19-16-,25-24-,28-27-,31-30-. The highest BCUT2D eigenvalue weighted by Crippen LogP contribution is 2.15. The number of carbonyl (C=O) groups is 3. The fourth-order valence-electron chi connectivity index (χ4n) is 7.59. The first kappa shape index (κ1) is 61.9. The van der Waals surface area contributed by atoms with Gasteiger partial charge in [0.25, 0.3) is 0 Å². The van der Waals surface area contributed by atoms with Gasteiger partial charge < -0.3 is 14.2 Å². The topological polar surface area (TPSA) is 78.9 Å². The van der Waals surface area contributed by atoms with Crippen LogP contribution in [0.15, 0.2) is 72.9 Å². The Hall–Kier alpha value is -3.15. The molecule has 0 saturated carbocycles. The maximum absolute atomic E-state index is 12.8. The van der Waals surface area contributed by atoms with Crippen LogP contribution < -0.4 is 0 Å². The maximum atomic E-state index is 12.8. The van der Waals surface area contributed by atoms with E-state index in [1.54, 1.807) is 0 Å². The van der Waals surface area contributed by atoms with Crippen LogP contribution in [-0.4, -0.2) is 37.2 Å². The monoisotopic (exact) mass is 907 g/mol. The van der Waals surface area contributed by atoms with Crippen molar-refractivity contribution < 1.29 is 28.6 Å². The third-order valence-corrected chi connectivity index (χ3v) is 11.7. The lowest BCUT2D eigenvalue weighted by Gasteiger charge is -2.18. The second-order valence-electron chi connectivity index (χ2n) is 18.1. The Labute approximate surface area is 402 Å². The third-order valence-electron chi connectivity index (χ3n) is 11.7. The Morgan fingerprint density at radius 3 is 1.02 bits per heavy atom. The average molecular weight is 907 g/mol. The van der Waals surface area contributed by atoms with Crippen LogP contribution in [-0.2, 0) is 28.6 Å².